The average Bonchev–Trinajstić information content (AvgIpc) is 3.53. The van der Waals surface area contributed by atoms with Gasteiger partial charge >= 0.3 is 5.97 Å². The van der Waals surface area contributed by atoms with Gasteiger partial charge in [-0.05, 0) is 58.5 Å². The van der Waals surface area contributed by atoms with Gasteiger partial charge < -0.3 is 9.64 Å². The number of carbonyl (C=O) groups excluding carboxylic acids is 4. The van der Waals surface area contributed by atoms with Gasteiger partial charge in [0.2, 0.25) is 17.7 Å². The number of hydrogen-bond acceptors (Lipinski definition) is 5. The molecule has 3 atom stereocenters. The molecule has 9 rings (SSSR count). The lowest BCUT2D eigenvalue weighted by atomic mass is 9.55. The molecule has 2 aliphatic heterocycles. The summed E-state index contributed by atoms with van der Waals surface area (Å²) in [7, 11) is 0. The van der Waals surface area contributed by atoms with Crippen LogP contribution in [0.2, 0.25) is 0 Å². The van der Waals surface area contributed by atoms with Crippen LogP contribution in [-0.4, -0.2) is 35.1 Å². The summed E-state index contributed by atoms with van der Waals surface area (Å²) >= 11 is 0. The summed E-state index contributed by atoms with van der Waals surface area (Å²) in [5.41, 5.74) is 6.70. The van der Waals surface area contributed by atoms with Crippen molar-refractivity contribution < 1.29 is 23.9 Å². The SMILES string of the molecule is Cc1cc(OC(=O)[C@@H]2CC(=O)N(Cc3ccccc3)C2)ccc1N1C(=O)[C@H]2C3c4ccccc4C(c4ccccc43)[C@@H]2C1=O. The molecule has 2 bridgehead atoms. The molecule has 7 heteroatoms. The van der Waals surface area contributed by atoms with Crippen LogP contribution in [0.5, 0.6) is 5.75 Å². The quantitative estimate of drug-likeness (QED) is 0.180. The van der Waals surface area contributed by atoms with Crippen LogP contribution < -0.4 is 9.64 Å². The van der Waals surface area contributed by atoms with Crippen molar-refractivity contribution >= 4 is 29.4 Å². The van der Waals surface area contributed by atoms with Gasteiger partial charge in [0, 0.05) is 31.3 Å². The van der Waals surface area contributed by atoms with Crippen LogP contribution in [0.3, 0.4) is 0 Å². The van der Waals surface area contributed by atoms with E-state index >= 15 is 0 Å². The van der Waals surface area contributed by atoms with Gasteiger partial charge in [-0.3, -0.25) is 19.2 Å². The van der Waals surface area contributed by atoms with E-state index in [1.165, 1.54) is 4.90 Å². The Morgan fingerprint density at radius 3 is 1.84 bits per heavy atom. The van der Waals surface area contributed by atoms with Gasteiger partial charge in [-0.1, -0.05) is 78.9 Å². The molecule has 4 aromatic rings. The summed E-state index contributed by atoms with van der Waals surface area (Å²) in [4.78, 5) is 56.9. The standard InChI is InChI=1S/C37H30N2O5/c1-21-17-24(44-37(43)23-18-30(40)38(20-23)19-22-9-3-2-4-10-22)15-16-29(21)39-35(41)33-31-25-11-5-6-12-26(25)32(34(33)36(39)42)28-14-8-7-13-27(28)31/h2-17,23,31-34H,18-20H2,1H3/t23-,31?,32?,33+,34+/m1/s1. The first kappa shape index (κ1) is 26.6. The molecule has 2 heterocycles. The molecule has 0 spiro atoms. The van der Waals surface area contributed by atoms with E-state index in [0.29, 0.717) is 30.1 Å². The van der Waals surface area contributed by atoms with Crippen LogP contribution >= 0.6 is 0 Å². The maximum Gasteiger partial charge on any atom is 0.316 e. The first-order valence-corrected chi connectivity index (χ1v) is 15.1. The molecule has 2 fully saturated rings. The lowest BCUT2D eigenvalue weighted by molar-refractivity contribution is -0.139. The Balaban J connectivity index is 1.03. The predicted octanol–water partition coefficient (Wildman–Crippen LogP) is 5.35. The smallest absolute Gasteiger partial charge is 0.316 e. The maximum atomic E-state index is 14.1. The number of nitrogens with zero attached hydrogens (tertiary/aromatic N) is 2. The van der Waals surface area contributed by atoms with Crippen molar-refractivity contribution in [1.82, 2.24) is 4.90 Å². The van der Waals surface area contributed by atoms with E-state index in [4.69, 9.17) is 4.74 Å². The molecule has 3 aliphatic carbocycles. The molecule has 4 aromatic carbocycles. The fourth-order valence-corrected chi connectivity index (χ4v) is 7.94. The molecule has 5 aliphatic rings. The number of benzene rings is 4. The van der Waals surface area contributed by atoms with Crippen molar-refractivity contribution in [2.45, 2.75) is 31.7 Å². The molecule has 2 saturated heterocycles. The highest BCUT2D eigenvalue weighted by Gasteiger charge is 2.61. The van der Waals surface area contributed by atoms with E-state index in [2.05, 4.69) is 24.3 Å². The summed E-state index contributed by atoms with van der Waals surface area (Å²) in [5, 5.41) is 0. The third kappa shape index (κ3) is 3.95. The summed E-state index contributed by atoms with van der Waals surface area (Å²) in [6, 6.07) is 31.1. The molecule has 3 amide bonds. The number of rotatable bonds is 5. The Morgan fingerprint density at radius 2 is 1.30 bits per heavy atom. The fraction of sp³-hybridized carbons (Fsp3) is 0.243. The molecule has 44 heavy (non-hydrogen) atoms. The molecular weight excluding hydrogens is 552 g/mol. The number of ether oxygens (including phenoxy) is 1. The number of hydrogen-bond donors (Lipinski definition) is 0. The van der Waals surface area contributed by atoms with E-state index in [9.17, 15) is 19.2 Å². The van der Waals surface area contributed by atoms with Crippen LogP contribution in [0.1, 0.15) is 51.6 Å². The molecule has 0 N–H and O–H groups in total. The Bertz CT molecular complexity index is 1750. The van der Waals surface area contributed by atoms with Crippen molar-refractivity contribution in [2.24, 2.45) is 17.8 Å². The summed E-state index contributed by atoms with van der Waals surface area (Å²) in [6.45, 7) is 2.57. The van der Waals surface area contributed by atoms with Crippen molar-refractivity contribution in [2.75, 3.05) is 11.4 Å². The normalized spacial score (nSPS) is 24.8. The minimum Gasteiger partial charge on any atom is -0.426 e. The topological polar surface area (TPSA) is 84.0 Å². The van der Waals surface area contributed by atoms with Gasteiger partial charge in [-0.15, -0.1) is 0 Å². The third-order valence-corrected chi connectivity index (χ3v) is 9.84. The molecule has 7 nitrogen and oxygen atoms in total. The van der Waals surface area contributed by atoms with Gasteiger partial charge in [0.1, 0.15) is 5.75 Å². The number of amides is 3. The molecule has 218 valence electrons. The van der Waals surface area contributed by atoms with Gasteiger partial charge in [-0.25, -0.2) is 4.90 Å². The van der Waals surface area contributed by atoms with E-state index in [0.717, 1.165) is 27.8 Å². The second kappa shape index (κ2) is 10.0. The largest absolute Gasteiger partial charge is 0.426 e. The predicted molar refractivity (Wildman–Crippen MR) is 163 cm³/mol. The van der Waals surface area contributed by atoms with Crippen LogP contribution in [0.4, 0.5) is 5.69 Å². The van der Waals surface area contributed by atoms with Crippen LogP contribution in [0.25, 0.3) is 0 Å². The van der Waals surface area contributed by atoms with Crippen molar-refractivity contribution in [3.63, 3.8) is 0 Å². The molecule has 0 radical (unpaired) electrons. The highest BCUT2D eigenvalue weighted by molar-refractivity contribution is 6.23. The number of carbonyl (C=O) groups is 4. The highest BCUT2D eigenvalue weighted by Crippen LogP contribution is 2.61. The lowest BCUT2D eigenvalue weighted by Gasteiger charge is -2.45. The van der Waals surface area contributed by atoms with Crippen molar-refractivity contribution in [3.05, 3.63) is 130 Å². The maximum absolute atomic E-state index is 14.1. The van der Waals surface area contributed by atoms with Crippen LogP contribution in [0, 0.1) is 24.7 Å². The third-order valence-electron chi connectivity index (χ3n) is 9.84. The lowest BCUT2D eigenvalue weighted by Crippen LogP contribution is -2.41. The highest BCUT2D eigenvalue weighted by atomic mass is 16.5. The zero-order valence-corrected chi connectivity index (χ0v) is 24.2. The fourth-order valence-electron chi connectivity index (χ4n) is 7.94. The molecule has 0 saturated carbocycles. The number of likely N-dealkylation sites (tertiary alicyclic amines) is 1. The zero-order valence-electron chi connectivity index (χ0n) is 24.2. The summed E-state index contributed by atoms with van der Waals surface area (Å²) < 4.78 is 5.71. The minimum absolute atomic E-state index is 0.0758. The average molecular weight is 583 g/mol. The second-order valence-corrected chi connectivity index (χ2v) is 12.3. The minimum atomic E-state index is -0.560. The molecule has 0 aromatic heterocycles. The van der Waals surface area contributed by atoms with Crippen molar-refractivity contribution in [1.29, 1.82) is 0 Å². The number of imide groups is 1. The monoisotopic (exact) mass is 582 g/mol. The van der Waals surface area contributed by atoms with E-state index in [1.807, 2.05) is 61.5 Å². The Kier molecular flexibility index (Phi) is 6.05. The van der Waals surface area contributed by atoms with E-state index in [-0.39, 0.29) is 36.0 Å². The number of aryl methyl sites for hydroxylation is 1. The Hall–Kier alpha value is -5.04. The van der Waals surface area contributed by atoms with E-state index in [1.54, 1.807) is 23.1 Å². The van der Waals surface area contributed by atoms with Gasteiger partial charge in [0.15, 0.2) is 0 Å². The Morgan fingerprint density at radius 1 is 0.750 bits per heavy atom. The van der Waals surface area contributed by atoms with Gasteiger partial charge in [-0.2, -0.15) is 0 Å². The van der Waals surface area contributed by atoms with Crippen LogP contribution in [0.15, 0.2) is 97.1 Å². The second-order valence-electron chi connectivity index (χ2n) is 12.3. The summed E-state index contributed by atoms with van der Waals surface area (Å²) in [6.07, 6.45) is 0.107. The van der Waals surface area contributed by atoms with Gasteiger partial charge in [0.25, 0.3) is 0 Å². The molecular formula is C37H30N2O5. The first-order chi connectivity index (χ1) is 21.4. The Labute approximate surface area is 255 Å². The van der Waals surface area contributed by atoms with E-state index < -0.39 is 23.7 Å². The zero-order chi connectivity index (χ0) is 30.1. The number of anilines is 1. The van der Waals surface area contributed by atoms with Gasteiger partial charge in [0.05, 0.1) is 23.4 Å². The molecule has 0 unspecified atom stereocenters. The summed E-state index contributed by atoms with van der Waals surface area (Å²) in [5.74, 6) is -2.42. The van der Waals surface area contributed by atoms with Crippen LogP contribution in [-0.2, 0) is 25.7 Å². The van der Waals surface area contributed by atoms with Crippen molar-refractivity contribution in [3.8, 4) is 5.75 Å². The number of esters is 1. The first-order valence-electron chi connectivity index (χ1n) is 15.1.